The van der Waals surface area contributed by atoms with Crippen molar-refractivity contribution in [2.24, 2.45) is 4.99 Å². The van der Waals surface area contributed by atoms with E-state index in [2.05, 4.69) is 0 Å². The third-order valence-electron chi connectivity index (χ3n) is 7.27. The zero-order valence-corrected chi connectivity index (χ0v) is 19.0. The van der Waals surface area contributed by atoms with Gasteiger partial charge >= 0.3 is 0 Å². The molecule has 2 atom stereocenters. The van der Waals surface area contributed by atoms with E-state index >= 15 is 0 Å². The first-order valence-electron chi connectivity index (χ1n) is 12.0. The van der Waals surface area contributed by atoms with Crippen molar-refractivity contribution in [3.63, 3.8) is 0 Å². The van der Waals surface area contributed by atoms with Gasteiger partial charge in [-0.05, 0) is 38.0 Å². The van der Waals surface area contributed by atoms with Gasteiger partial charge in [-0.3, -0.25) is 9.59 Å². The number of hydrogen-bond donors (Lipinski definition) is 1. The smallest absolute Gasteiger partial charge is 0.268 e. The van der Waals surface area contributed by atoms with Crippen LogP contribution in [0.15, 0.2) is 62.7 Å². The molecule has 0 spiro atoms. The highest BCUT2D eigenvalue weighted by molar-refractivity contribution is 6.09. The van der Waals surface area contributed by atoms with E-state index in [1.54, 1.807) is 42.5 Å². The minimum Gasteiger partial charge on any atom is -0.463 e. The molecule has 0 saturated heterocycles. The van der Waals surface area contributed by atoms with E-state index in [0.29, 0.717) is 28.8 Å². The third-order valence-corrected chi connectivity index (χ3v) is 7.27. The number of nitrogens with zero attached hydrogens (tertiary/aromatic N) is 2. The van der Waals surface area contributed by atoms with Crippen LogP contribution in [-0.2, 0) is 15.1 Å². The van der Waals surface area contributed by atoms with E-state index in [0.717, 1.165) is 25.7 Å². The van der Waals surface area contributed by atoms with Crippen molar-refractivity contribution in [2.75, 3.05) is 11.4 Å². The molecule has 3 heterocycles. The lowest BCUT2D eigenvalue weighted by Gasteiger charge is -2.28. The lowest BCUT2D eigenvalue weighted by molar-refractivity contribution is -0.148. The van der Waals surface area contributed by atoms with Gasteiger partial charge in [-0.25, -0.2) is 4.99 Å². The standard InChI is InChI=1S/C27H26N2O5/c1-2-29-19-14-8-7-13-18(19)27(32,26(29)31)24-21-22(30)17-12-6-9-15-20(17)33-23(21)25(34-24)28-16-10-4-3-5-11-16/h6-9,12-16,24,32H,2-5,10-11H2,1H3/t24-,27-/m1/s1. The molecular weight excluding hydrogens is 432 g/mol. The van der Waals surface area contributed by atoms with E-state index in [-0.39, 0.29) is 28.7 Å². The van der Waals surface area contributed by atoms with Crippen LogP contribution in [-0.4, -0.2) is 29.5 Å². The summed E-state index contributed by atoms with van der Waals surface area (Å²) in [6, 6.07) is 14.1. The number of carbonyl (C=O) groups is 1. The Labute approximate surface area is 196 Å². The SMILES string of the molecule is CCN1C(=O)[C@](O)([C@@H]2OC(=NC3CCCCC3)c3oc4ccccc4c(=O)c32)c2ccccc21. The van der Waals surface area contributed by atoms with Crippen LogP contribution in [0.3, 0.4) is 0 Å². The number of aliphatic imine (C=N–C) groups is 1. The van der Waals surface area contributed by atoms with Crippen molar-refractivity contribution in [3.8, 4) is 0 Å². The maximum absolute atomic E-state index is 13.7. The summed E-state index contributed by atoms with van der Waals surface area (Å²) in [5.74, 6) is -0.102. The Morgan fingerprint density at radius 1 is 1.06 bits per heavy atom. The second-order valence-corrected chi connectivity index (χ2v) is 9.23. The fraction of sp³-hybridized carbons (Fsp3) is 0.370. The Balaban J connectivity index is 1.58. The first-order chi connectivity index (χ1) is 16.5. The monoisotopic (exact) mass is 458 g/mol. The molecule has 2 aliphatic heterocycles. The lowest BCUT2D eigenvalue weighted by Crippen LogP contribution is -2.45. The Morgan fingerprint density at radius 3 is 2.59 bits per heavy atom. The molecule has 1 N–H and O–H groups in total. The number of amides is 1. The van der Waals surface area contributed by atoms with Gasteiger partial charge in [0.2, 0.25) is 11.0 Å². The molecule has 7 nitrogen and oxygen atoms in total. The van der Waals surface area contributed by atoms with Gasteiger partial charge in [0, 0.05) is 12.1 Å². The van der Waals surface area contributed by atoms with Crippen LogP contribution in [0.1, 0.15) is 62.0 Å². The molecule has 0 bridgehead atoms. The summed E-state index contributed by atoms with van der Waals surface area (Å²) in [7, 11) is 0. The minimum atomic E-state index is -2.07. The fourth-order valence-electron chi connectivity index (χ4n) is 5.57. The molecule has 3 aromatic rings. The van der Waals surface area contributed by atoms with E-state index in [9.17, 15) is 14.7 Å². The zero-order valence-electron chi connectivity index (χ0n) is 19.0. The lowest BCUT2D eigenvalue weighted by atomic mass is 9.85. The molecule has 2 aromatic carbocycles. The Hall–Kier alpha value is -3.45. The second kappa shape index (κ2) is 7.81. The van der Waals surface area contributed by atoms with Crippen LogP contribution in [0.5, 0.6) is 0 Å². The van der Waals surface area contributed by atoms with Crippen LogP contribution in [0.25, 0.3) is 11.0 Å². The largest absolute Gasteiger partial charge is 0.463 e. The van der Waals surface area contributed by atoms with Gasteiger partial charge in [0.05, 0.1) is 22.7 Å². The van der Waals surface area contributed by atoms with Crippen LogP contribution >= 0.6 is 0 Å². The molecule has 34 heavy (non-hydrogen) atoms. The van der Waals surface area contributed by atoms with E-state index in [4.69, 9.17) is 14.1 Å². The van der Waals surface area contributed by atoms with E-state index in [1.165, 1.54) is 11.3 Å². The van der Waals surface area contributed by atoms with Crippen molar-refractivity contribution in [2.45, 2.75) is 56.8 Å². The molecule has 1 aliphatic carbocycles. The Bertz CT molecular complexity index is 1390. The van der Waals surface area contributed by atoms with Gasteiger partial charge in [-0.1, -0.05) is 49.6 Å². The summed E-state index contributed by atoms with van der Waals surface area (Å²) in [5.41, 5.74) is -0.773. The number of likely N-dealkylation sites (N-methyl/N-ethyl adjacent to an activating group) is 1. The molecular formula is C27H26N2O5. The summed E-state index contributed by atoms with van der Waals surface area (Å²) in [6.45, 7) is 2.23. The predicted molar refractivity (Wildman–Crippen MR) is 128 cm³/mol. The number of para-hydroxylation sites is 2. The predicted octanol–water partition coefficient (Wildman–Crippen LogP) is 4.20. The Kier molecular flexibility index (Phi) is 4.85. The van der Waals surface area contributed by atoms with Crippen LogP contribution in [0, 0.1) is 0 Å². The van der Waals surface area contributed by atoms with Crippen molar-refractivity contribution in [1.82, 2.24) is 0 Å². The highest BCUT2D eigenvalue weighted by Gasteiger charge is 2.60. The number of hydrogen-bond acceptors (Lipinski definition) is 6. The summed E-state index contributed by atoms with van der Waals surface area (Å²) >= 11 is 0. The average Bonchev–Trinajstić information content (AvgIpc) is 3.33. The van der Waals surface area contributed by atoms with Gasteiger partial charge in [0.25, 0.3) is 11.8 Å². The molecule has 1 fully saturated rings. The fourth-order valence-corrected chi connectivity index (χ4v) is 5.57. The molecule has 174 valence electrons. The molecule has 3 aliphatic rings. The number of benzene rings is 2. The van der Waals surface area contributed by atoms with Crippen LogP contribution in [0.4, 0.5) is 5.69 Å². The summed E-state index contributed by atoms with van der Waals surface area (Å²) < 4.78 is 12.4. The van der Waals surface area contributed by atoms with Crippen molar-refractivity contribution < 1.29 is 19.1 Å². The molecule has 1 saturated carbocycles. The van der Waals surface area contributed by atoms with Crippen LogP contribution in [0.2, 0.25) is 0 Å². The molecule has 0 radical (unpaired) electrons. The normalized spacial score (nSPS) is 25.6. The number of aliphatic hydroxyl groups is 1. The first-order valence-corrected chi connectivity index (χ1v) is 12.0. The van der Waals surface area contributed by atoms with E-state index < -0.39 is 17.6 Å². The number of rotatable bonds is 3. The number of ether oxygens (including phenoxy) is 1. The highest BCUT2D eigenvalue weighted by atomic mass is 16.5. The molecule has 1 aromatic heterocycles. The van der Waals surface area contributed by atoms with Crippen molar-refractivity contribution in [3.05, 3.63) is 75.6 Å². The van der Waals surface area contributed by atoms with Gasteiger partial charge in [0.1, 0.15) is 5.58 Å². The molecule has 1 amide bonds. The maximum Gasteiger partial charge on any atom is 0.268 e. The quantitative estimate of drug-likeness (QED) is 0.635. The molecule has 6 rings (SSSR count). The Morgan fingerprint density at radius 2 is 1.79 bits per heavy atom. The summed E-state index contributed by atoms with van der Waals surface area (Å²) in [4.78, 5) is 33.7. The number of fused-ring (bicyclic) bond motifs is 3. The first kappa shape index (κ1) is 21.1. The van der Waals surface area contributed by atoms with Crippen LogP contribution < -0.4 is 10.3 Å². The third kappa shape index (κ3) is 2.89. The number of anilines is 1. The highest BCUT2D eigenvalue weighted by Crippen LogP contribution is 2.51. The molecule has 7 heteroatoms. The van der Waals surface area contributed by atoms with Gasteiger partial charge in [0.15, 0.2) is 11.9 Å². The van der Waals surface area contributed by atoms with Gasteiger partial charge in [-0.15, -0.1) is 0 Å². The topological polar surface area (TPSA) is 92.3 Å². The second-order valence-electron chi connectivity index (χ2n) is 9.23. The number of carbonyl (C=O) groups excluding carboxylic acids is 1. The maximum atomic E-state index is 13.7. The van der Waals surface area contributed by atoms with Crippen molar-refractivity contribution in [1.29, 1.82) is 0 Å². The van der Waals surface area contributed by atoms with Gasteiger partial charge in [-0.2, -0.15) is 0 Å². The minimum absolute atomic E-state index is 0.0560. The average molecular weight is 459 g/mol. The summed E-state index contributed by atoms with van der Waals surface area (Å²) in [5, 5.41) is 12.4. The zero-order chi connectivity index (χ0) is 23.4. The van der Waals surface area contributed by atoms with E-state index in [1.807, 2.05) is 13.0 Å². The molecule has 0 unspecified atom stereocenters. The summed E-state index contributed by atoms with van der Waals surface area (Å²) in [6.07, 6.45) is 3.96. The van der Waals surface area contributed by atoms with Gasteiger partial charge < -0.3 is 19.2 Å². The van der Waals surface area contributed by atoms with Crippen molar-refractivity contribution >= 4 is 28.5 Å².